The summed E-state index contributed by atoms with van der Waals surface area (Å²) in [6, 6.07) is 3.57. The summed E-state index contributed by atoms with van der Waals surface area (Å²) in [5, 5.41) is 17.8. The van der Waals surface area contributed by atoms with Gasteiger partial charge in [0.15, 0.2) is 0 Å². The minimum Gasteiger partial charge on any atom is -0.394 e. The van der Waals surface area contributed by atoms with Crippen molar-refractivity contribution in [2.45, 2.75) is 19.1 Å². The lowest BCUT2D eigenvalue weighted by molar-refractivity contribution is -0.137. The number of carbonyl (C=O) groups is 1. The first-order chi connectivity index (χ1) is 10.8. The lowest BCUT2D eigenvalue weighted by Crippen LogP contribution is -2.38. The highest BCUT2D eigenvalue weighted by molar-refractivity contribution is 5.89. The number of anilines is 1. The standard InChI is InChI=1S/C14H15F3N4O2/c1-9(8-22)19-13(23)20-11-6-18-21(7-11)12-4-2-10(3-5-12)14(15,16)17/h2-7,9,22H,8H2,1H3,(H2,19,20,23)/t9-/m0/s1. The average Bonchev–Trinajstić information content (AvgIpc) is 2.94. The van der Waals surface area contributed by atoms with Crippen LogP contribution in [0.5, 0.6) is 0 Å². The Balaban J connectivity index is 2.06. The van der Waals surface area contributed by atoms with E-state index in [-0.39, 0.29) is 6.61 Å². The van der Waals surface area contributed by atoms with Crippen molar-refractivity contribution in [2.24, 2.45) is 0 Å². The topological polar surface area (TPSA) is 79.2 Å². The molecule has 2 rings (SSSR count). The fourth-order valence-electron chi connectivity index (χ4n) is 1.77. The lowest BCUT2D eigenvalue weighted by Gasteiger charge is -2.10. The van der Waals surface area contributed by atoms with Crippen LogP contribution in [0.15, 0.2) is 36.7 Å². The summed E-state index contributed by atoms with van der Waals surface area (Å²) < 4.78 is 38.9. The first-order valence-electron chi connectivity index (χ1n) is 6.70. The number of rotatable bonds is 4. The van der Waals surface area contributed by atoms with Crippen molar-refractivity contribution in [3.05, 3.63) is 42.2 Å². The summed E-state index contributed by atoms with van der Waals surface area (Å²) in [5.74, 6) is 0. The Kier molecular flexibility index (Phi) is 4.89. The lowest BCUT2D eigenvalue weighted by atomic mass is 10.2. The molecule has 0 bridgehead atoms. The van der Waals surface area contributed by atoms with E-state index in [1.54, 1.807) is 6.92 Å². The van der Waals surface area contributed by atoms with Gasteiger partial charge in [-0.15, -0.1) is 0 Å². The van der Waals surface area contributed by atoms with E-state index in [0.717, 1.165) is 12.1 Å². The Morgan fingerprint density at radius 2 is 2.00 bits per heavy atom. The smallest absolute Gasteiger partial charge is 0.394 e. The second-order valence-corrected chi connectivity index (χ2v) is 4.90. The van der Waals surface area contributed by atoms with E-state index in [4.69, 9.17) is 5.11 Å². The van der Waals surface area contributed by atoms with Crippen molar-refractivity contribution in [1.82, 2.24) is 15.1 Å². The number of aliphatic hydroxyl groups is 1. The molecule has 9 heteroatoms. The van der Waals surface area contributed by atoms with Gasteiger partial charge in [-0.1, -0.05) is 0 Å². The summed E-state index contributed by atoms with van der Waals surface area (Å²) in [7, 11) is 0. The number of aromatic nitrogens is 2. The Hall–Kier alpha value is -2.55. The van der Waals surface area contributed by atoms with Gasteiger partial charge in [-0.3, -0.25) is 0 Å². The van der Waals surface area contributed by atoms with Crippen molar-refractivity contribution in [3.8, 4) is 5.69 Å². The molecule has 1 heterocycles. The minimum atomic E-state index is -4.39. The Morgan fingerprint density at radius 1 is 1.35 bits per heavy atom. The molecule has 0 saturated heterocycles. The predicted octanol–water partition coefficient (Wildman–Crippen LogP) is 2.39. The third kappa shape index (κ3) is 4.46. The number of aliphatic hydroxyl groups excluding tert-OH is 1. The van der Waals surface area contributed by atoms with E-state index < -0.39 is 23.8 Å². The van der Waals surface area contributed by atoms with Crippen LogP contribution in [0.1, 0.15) is 12.5 Å². The number of hydrogen-bond donors (Lipinski definition) is 3. The second kappa shape index (κ2) is 6.69. The van der Waals surface area contributed by atoms with Crippen LogP contribution in [-0.4, -0.2) is 33.6 Å². The molecule has 0 aliphatic carbocycles. The number of benzene rings is 1. The van der Waals surface area contributed by atoms with Crippen molar-refractivity contribution >= 4 is 11.7 Å². The van der Waals surface area contributed by atoms with Gasteiger partial charge in [0.1, 0.15) is 0 Å². The summed E-state index contributed by atoms with van der Waals surface area (Å²) in [6.45, 7) is 1.43. The van der Waals surface area contributed by atoms with E-state index in [1.807, 2.05) is 0 Å². The van der Waals surface area contributed by atoms with E-state index in [0.29, 0.717) is 11.4 Å². The Morgan fingerprint density at radius 3 is 2.57 bits per heavy atom. The highest BCUT2D eigenvalue weighted by Crippen LogP contribution is 2.29. The molecule has 1 aromatic heterocycles. The van der Waals surface area contributed by atoms with Crippen LogP contribution in [0.4, 0.5) is 23.7 Å². The van der Waals surface area contributed by atoms with Gasteiger partial charge in [-0.2, -0.15) is 18.3 Å². The highest BCUT2D eigenvalue weighted by atomic mass is 19.4. The molecule has 0 aliphatic heterocycles. The van der Waals surface area contributed by atoms with Gasteiger partial charge in [0.25, 0.3) is 0 Å². The van der Waals surface area contributed by atoms with E-state index in [2.05, 4.69) is 15.7 Å². The summed E-state index contributed by atoms with van der Waals surface area (Å²) >= 11 is 0. The fourth-order valence-corrected chi connectivity index (χ4v) is 1.77. The van der Waals surface area contributed by atoms with Crippen LogP contribution in [-0.2, 0) is 6.18 Å². The SMILES string of the molecule is C[C@@H](CO)NC(=O)Nc1cnn(-c2ccc(C(F)(F)F)cc2)c1. The molecule has 1 aromatic carbocycles. The van der Waals surface area contributed by atoms with Gasteiger partial charge in [0, 0.05) is 0 Å². The Labute approximate surface area is 129 Å². The van der Waals surface area contributed by atoms with Gasteiger partial charge < -0.3 is 15.7 Å². The zero-order valence-corrected chi connectivity index (χ0v) is 12.1. The molecule has 6 nitrogen and oxygen atoms in total. The summed E-state index contributed by atoms with van der Waals surface area (Å²) in [6.07, 6.45) is -1.57. The molecule has 0 aliphatic rings. The fraction of sp³-hybridized carbons (Fsp3) is 0.286. The van der Waals surface area contributed by atoms with Crippen LogP contribution in [0.25, 0.3) is 5.69 Å². The van der Waals surface area contributed by atoms with Crippen molar-refractivity contribution in [1.29, 1.82) is 0 Å². The largest absolute Gasteiger partial charge is 0.416 e. The predicted molar refractivity (Wildman–Crippen MR) is 77.3 cm³/mol. The van der Waals surface area contributed by atoms with E-state index in [9.17, 15) is 18.0 Å². The third-order valence-corrected chi connectivity index (χ3v) is 2.95. The van der Waals surface area contributed by atoms with E-state index >= 15 is 0 Å². The number of carbonyl (C=O) groups excluding carboxylic acids is 1. The molecule has 2 amide bonds. The number of urea groups is 1. The minimum absolute atomic E-state index is 0.196. The van der Waals surface area contributed by atoms with E-state index in [1.165, 1.54) is 29.2 Å². The number of alkyl halides is 3. The van der Waals surface area contributed by atoms with Gasteiger partial charge in [-0.05, 0) is 31.2 Å². The van der Waals surface area contributed by atoms with Crippen molar-refractivity contribution < 1.29 is 23.1 Å². The molecule has 0 saturated carbocycles. The monoisotopic (exact) mass is 328 g/mol. The quantitative estimate of drug-likeness (QED) is 0.806. The number of hydrogen-bond acceptors (Lipinski definition) is 3. The number of amides is 2. The molecule has 0 radical (unpaired) electrons. The van der Waals surface area contributed by atoms with Crippen molar-refractivity contribution in [3.63, 3.8) is 0 Å². The van der Waals surface area contributed by atoms with Crippen LogP contribution in [0.2, 0.25) is 0 Å². The van der Waals surface area contributed by atoms with Crippen LogP contribution in [0.3, 0.4) is 0 Å². The molecule has 0 unspecified atom stereocenters. The molecule has 23 heavy (non-hydrogen) atoms. The molecule has 124 valence electrons. The van der Waals surface area contributed by atoms with Gasteiger partial charge in [0.2, 0.25) is 0 Å². The zero-order valence-electron chi connectivity index (χ0n) is 12.1. The zero-order chi connectivity index (χ0) is 17.0. The molecular weight excluding hydrogens is 313 g/mol. The third-order valence-electron chi connectivity index (χ3n) is 2.95. The molecule has 3 N–H and O–H groups in total. The molecule has 0 spiro atoms. The van der Waals surface area contributed by atoms with Gasteiger partial charge in [0.05, 0.1) is 42.0 Å². The average molecular weight is 328 g/mol. The maximum absolute atomic E-state index is 12.5. The first kappa shape index (κ1) is 16.8. The molecule has 1 atom stereocenters. The normalized spacial score (nSPS) is 12.7. The maximum Gasteiger partial charge on any atom is 0.416 e. The van der Waals surface area contributed by atoms with Gasteiger partial charge in [-0.25, -0.2) is 9.48 Å². The van der Waals surface area contributed by atoms with Crippen LogP contribution >= 0.6 is 0 Å². The maximum atomic E-state index is 12.5. The molecule has 0 fully saturated rings. The first-order valence-corrected chi connectivity index (χ1v) is 6.70. The Bertz CT molecular complexity index is 667. The number of nitrogens with zero attached hydrogens (tertiary/aromatic N) is 2. The van der Waals surface area contributed by atoms with Crippen LogP contribution < -0.4 is 10.6 Å². The molecular formula is C14H15F3N4O2. The number of nitrogens with one attached hydrogen (secondary N) is 2. The second-order valence-electron chi connectivity index (χ2n) is 4.90. The summed E-state index contributed by atoms with van der Waals surface area (Å²) in [5.41, 5.74) is 0.0480. The van der Waals surface area contributed by atoms with Gasteiger partial charge >= 0.3 is 12.2 Å². The highest BCUT2D eigenvalue weighted by Gasteiger charge is 2.30. The molecule has 2 aromatic rings. The summed E-state index contributed by atoms with van der Waals surface area (Å²) in [4.78, 5) is 11.6. The van der Waals surface area contributed by atoms with Crippen LogP contribution in [0, 0.1) is 0 Å². The number of halogens is 3. The van der Waals surface area contributed by atoms with Crippen molar-refractivity contribution in [2.75, 3.05) is 11.9 Å².